The van der Waals surface area contributed by atoms with Gasteiger partial charge in [-0.25, -0.2) is 0 Å². The molecule has 21 heavy (non-hydrogen) atoms. The third kappa shape index (κ3) is 3.40. The van der Waals surface area contributed by atoms with Crippen molar-refractivity contribution in [3.05, 3.63) is 24.3 Å². The van der Waals surface area contributed by atoms with Crippen LogP contribution in [0, 0.1) is 5.92 Å². The Balaban J connectivity index is 0.000000212. The van der Waals surface area contributed by atoms with Crippen LogP contribution in [-0.4, -0.2) is 36.0 Å². The molecule has 2 aliphatic heterocycles. The van der Waals surface area contributed by atoms with Gasteiger partial charge in [-0.15, -0.1) is 0 Å². The van der Waals surface area contributed by atoms with E-state index < -0.39 is 5.69 Å². The van der Waals surface area contributed by atoms with Crippen LogP contribution in [0.1, 0.15) is 28.5 Å². The highest BCUT2D eigenvalue weighted by Crippen LogP contribution is 2.40. The molecule has 0 aromatic heterocycles. The lowest BCUT2D eigenvalue weighted by atomic mass is 9.84. The Morgan fingerprint density at radius 1 is 1.38 bits per heavy atom. The van der Waals surface area contributed by atoms with E-state index in [4.69, 9.17) is 4.74 Å². The molecule has 0 N–H and O–H groups in total. The number of hydrogen-bond acceptors (Lipinski definition) is 4. The van der Waals surface area contributed by atoms with E-state index in [1.807, 2.05) is 18.2 Å². The molecule has 1 saturated carbocycles. The SMILES string of the molecule is CN1CCC2CCC(=O)CC21.F[C@H]1Oc2ccccc2S1.[HH].[HH]. The molecule has 1 aromatic rings. The van der Waals surface area contributed by atoms with E-state index in [0.717, 1.165) is 41.8 Å². The number of ketones is 1. The van der Waals surface area contributed by atoms with Crippen LogP contribution in [0.15, 0.2) is 29.2 Å². The minimum Gasteiger partial charge on any atom is -0.450 e. The molecule has 118 valence electrons. The third-order valence-corrected chi connectivity index (χ3v) is 5.35. The minimum absolute atomic E-state index is 0. The summed E-state index contributed by atoms with van der Waals surface area (Å²) in [5, 5.41) is 0. The Morgan fingerprint density at radius 2 is 2.19 bits per heavy atom. The number of likely N-dealkylation sites (tertiary alicyclic amines) is 1. The Labute approximate surface area is 131 Å². The lowest BCUT2D eigenvalue weighted by molar-refractivity contribution is -0.122. The Kier molecular flexibility index (Phi) is 4.50. The molecular weight excluding hydrogens is 289 g/mol. The Bertz CT molecular complexity index is 510. The van der Waals surface area contributed by atoms with Gasteiger partial charge in [0, 0.05) is 21.7 Å². The summed E-state index contributed by atoms with van der Waals surface area (Å²) >= 11 is 1.10. The predicted molar refractivity (Wildman–Crippen MR) is 85.4 cm³/mol. The van der Waals surface area contributed by atoms with Gasteiger partial charge in [0.25, 0.3) is 5.69 Å². The first-order valence-corrected chi connectivity index (χ1v) is 8.30. The van der Waals surface area contributed by atoms with Crippen LogP contribution in [0.25, 0.3) is 0 Å². The van der Waals surface area contributed by atoms with Crippen LogP contribution in [0.5, 0.6) is 5.75 Å². The first-order chi connectivity index (χ1) is 10.1. The molecule has 1 aromatic carbocycles. The van der Waals surface area contributed by atoms with Crippen molar-refractivity contribution in [3.8, 4) is 5.75 Å². The average Bonchev–Trinajstić information content (AvgIpc) is 3.02. The van der Waals surface area contributed by atoms with Gasteiger partial charge in [0.15, 0.2) is 0 Å². The van der Waals surface area contributed by atoms with Crippen LogP contribution >= 0.6 is 11.8 Å². The summed E-state index contributed by atoms with van der Waals surface area (Å²) in [6.07, 6.45) is 4.12. The smallest absolute Gasteiger partial charge is 0.291 e. The fourth-order valence-electron chi connectivity index (χ4n) is 3.30. The van der Waals surface area contributed by atoms with Gasteiger partial charge < -0.3 is 9.64 Å². The van der Waals surface area contributed by atoms with Crippen molar-refractivity contribution in [3.63, 3.8) is 0 Å². The van der Waals surface area contributed by atoms with Crippen molar-refractivity contribution in [2.45, 2.75) is 42.3 Å². The molecule has 3 aliphatic rings. The Morgan fingerprint density at radius 3 is 3.00 bits per heavy atom. The van der Waals surface area contributed by atoms with Crippen LogP contribution in [0.3, 0.4) is 0 Å². The second kappa shape index (κ2) is 6.36. The molecule has 0 radical (unpaired) electrons. The number of nitrogens with zero attached hydrogens (tertiary/aromatic N) is 1. The standard InChI is InChI=1S/C9H15NO.C7H5FOS.2H2/c1-10-5-4-7-2-3-8(11)6-9(7)10;8-7-9-5-3-1-2-4-6(5)10-7;;/h7,9H,2-6H2,1H3;1-4,7H;2*1H/t;7-;;/m.0../s1. The predicted octanol–water partition coefficient (Wildman–Crippen LogP) is 3.98. The lowest BCUT2D eigenvalue weighted by Crippen LogP contribution is -2.35. The number of alkyl halides is 1. The third-order valence-electron chi connectivity index (χ3n) is 4.48. The first-order valence-electron chi connectivity index (χ1n) is 7.42. The van der Waals surface area contributed by atoms with Crippen molar-refractivity contribution in [2.75, 3.05) is 13.6 Å². The van der Waals surface area contributed by atoms with Crippen molar-refractivity contribution in [2.24, 2.45) is 5.92 Å². The summed E-state index contributed by atoms with van der Waals surface area (Å²) in [5.74, 6) is 1.96. The number of rotatable bonds is 0. The van der Waals surface area contributed by atoms with Crippen molar-refractivity contribution in [1.29, 1.82) is 0 Å². The molecule has 4 rings (SSSR count). The number of carbonyl (C=O) groups excluding carboxylic acids is 1. The summed E-state index contributed by atoms with van der Waals surface area (Å²) in [5.41, 5.74) is -1.21. The fourth-order valence-corrected chi connectivity index (χ4v) is 4.04. The molecule has 0 bridgehead atoms. The van der Waals surface area contributed by atoms with Gasteiger partial charge in [-0.3, -0.25) is 4.79 Å². The van der Waals surface area contributed by atoms with Gasteiger partial charge in [0.1, 0.15) is 11.5 Å². The van der Waals surface area contributed by atoms with Gasteiger partial charge in [0.05, 0.1) is 4.90 Å². The van der Waals surface area contributed by atoms with Crippen molar-refractivity contribution < 1.29 is 16.8 Å². The summed E-state index contributed by atoms with van der Waals surface area (Å²) in [6.45, 7) is 1.20. The minimum atomic E-state index is -1.21. The quantitative estimate of drug-likeness (QED) is 0.725. The highest BCUT2D eigenvalue weighted by Gasteiger charge is 2.36. The van der Waals surface area contributed by atoms with E-state index in [1.54, 1.807) is 6.07 Å². The number of hydrogen-bond donors (Lipinski definition) is 0. The van der Waals surface area contributed by atoms with Crippen molar-refractivity contribution >= 4 is 17.5 Å². The second-order valence-corrected chi connectivity index (χ2v) is 6.88. The highest BCUT2D eigenvalue weighted by atomic mass is 32.2. The normalized spacial score (nSPS) is 31.0. The van der Waals surface area contributed by atoms with E-state index in [1.165, 1.54) is 13.0 Å². The number of para-hydroxylation sites is 1. The molecular formula is C16H24FNO2S. The first kappa shape index (κ1) is 14.9. The maximum Gasteiger partial charge on any atom is 0.291 e. The second-order valence-electron chi connectivity index (χ2n) is 5.84. The molecule has 2 fully saturated rings. The molecule has 1 aliphatic carbocycles. The zero-order chi connectivity index (χ0) is 14.8. The largest absolute Gasteiger partial charge is 0.450 e. The number of thioether (sulfide) groups is 1. The molecule has 1 saturated heterocycles. The van der Waals surface area contributed by atoms with Gasteiger partial charge in [-0.2, -0.15) is 4.39 Å². The maximum atomic E-state index is 12.5. The van der Waals surface area contributed by atoms with E-state index >= 15 is 0 Å². The monoisotopic (exact) mass is 313 g/mol. The highest BCUT2D eigenvalue weighted by molar-refractivity contribution is 8.00. The molecule has 0 spiro atoms. The van der Waals surface area contributed by atoms with Gasteiger partial charge in [0.2, 0.25) is 0 Å². The summed E-state index contributed by atoms with van der Waals surface area (Å²) < 4.78 is 17.3. The number of fused-ring (bicyclic) bond motifs is 2. The molecule has 2 unspecified atom stereocenters. The van der Waals surface area contributed by atoms with E-state index in [9.17, 15) is 9.18 Å². The summed E-state index contributed by atoms with van der Waals surface area (Å²) in [4.78, 5) is 14.4. The summed E-state index contributed by atoms with van der Waals surface area (Å²) in [6, 6.07) is 7.91. The van der Waals surface area contributed by atoms with Crippen LogP contribution in [0.2, 0.25) is 0 Å². The number of benzene rings is 1. The zero-order valence-electron chi connectivity index (χ0n) is 12.1. The van der Waals surface area contributed by atoms with Crippen LogP contribution in [-0.2, 0) is 4.79 Å². The van der Waals surface area contributed by atoms with Crippen molar-refractivity contribution in [1.82, 2.24) is 4.90 Å². The zero-order valence-corrected chi connectivity index (χ0v) is 12.9. The maximum absolute atomic E-state index is 12.5. The number of halogens is 1. The number of Topliss-reactive ketones (excluding diaryl/α,β-unsaturated/α-hetero) is 1. The topological polar surface area (TPSA) is 29.5 Å². The molecule has 2 heterocycles. The number of ether oxygens (including phenoxy) is 1. The van der Waals surface area contributed by atoms with Gasteiger partial charge >= 0.3 is 0 Å². The van der Waals surface area contributed by atoms with E-state index in [2.05, 4.69) is 11.9 Å². The average molecular weight is 313 g/mol. The number of carbonyl (C=O) groups is 1. The van der Waals surface area contributed by atoms with E-state index in [-0.39, 0.29) is 2.85 Å². The van der Waals surface area contributed by atoms with Gasteiger partial charge in [-0.1, -0.05) is 12.1 Å². The molecule has 3 nitrogen and oxygen atoms in total. The van der Waals surface area contributed by atoms with Gasteiger partial charge in [-0.05, 0) is 56.2 Å². The van der Waals surface area contributed by atoms with E-state index in [0.29, 0.717) is 17.6 Å². The molecule has 0 amide bonds. The molecule has 5 heteroatoms. The molecule has 3 atom stereocenters. The summed E-state index contributed by atoms with van der Waals surface area (Å²) in [7, 11) is 2.14. The fraction of sp³-hybridized carbons (Fsp3) is 0.562. The lowest BCUT2D eigenvalue weighted by Gasteiger charge is -2.28. The van der Waals surface area contributed by atoms with Crippen LogP contribution < -0.4 is 4.74 Å². The van der Waals surface area contributed by atoms with Crippen LogP contribution in [0.4, 0.5) is 4.39 Å². The Hall–Kier alpha value is -1.07.